The zero-order valence-corrected chi connectivity index (χ0v) is 13.8. The fourth-order valence-electron chi connectivity index (χ4n) is 2.11. The molecule has 6 nitrogen and oxygen atoms in total. The van der Waals surface area contributed by atoms with Crippen LogP contribution in [0.25, 0.3) is 0 Å². The molecule has 0 spiro atoms. The van der Waals surface area contributed by atoms with Crippen molar-refractivity contribution in [1.82, 2.24) is 9.97 Å². The lowest BCUT2D eigenvalue weighted by Crippen LogP contribution is -2.21. The van der Waals surface area contributed by atoms with Crippen LogP contribution < -0.4 is 16.6 Å². The van der Waals surface area contributed by atoms with Gasteiger partial charge in [0.25, 0.3) is 5.56 Å². The van der Waals surface area contributed by atoms with Gasteiger partial charge >= 0.3 is 0 Å². The maximum absolute atomic E-state index is 11.9. The molecule has 0 saturated heterocycles. The van der Waals surface area contributed by atoms with Gasteiger partial charge in [0.2, 0.25) is 0 Å². The highest BCUT2D eigenvalue weighted by Crippen LogP contribution is 2.07. The molecule has 0 aliphatic carbocycles. The minimum Gasteiger partial charge on any atom is -0.379 e. The van der Waals surface area contributed by atoms with E-state index in [0.717, 1.165) is 12.8 Å². The van der Waals surface area contributed by atoms with E-state index in [-0.39, 0.29) is 17.2 Å². The zero-order valence-electron chi connectivity index (χ0n) is 13.8. The molecule has 0 fully saturated rings. The molecule has 23 heavy (non-hydrogen) atoms. The maximum Gasteiger partial charge on any atom is 0.274 e. The third-order valence-corrected chi connectivity index (χ3v) is 3.22. The van der Waals surface area contributed by atoms with Crippen LogP contribution in [0, 0.1) is 6.92 Å². The molecule has 2 rings (SSSR count). The molecule has 0 amide bonds. The molecule has 0 saturated carbocycles. The van der Waals surface area contributed by atoms with Crippen LogP contribution in [0.1, 0.15) is 35.2 Å². The first-order valence-electron chi connectivity index (χ1n) is 7.55. The van der Waals surface area contributed by atoms with Crippen LogP contribution in [0.15, 0.2) is 35.1 Å². The minimum absolute atomic E-state index is 0.104. The average molecular weight is 316 g/mol. The Hall–Kier alpha value is -2.47. The van der Waals surface area contributed by atoms with E-state index in [2.05, 4.69) is 33.2 Å². The SMILES string of the molecule is CC(=O)c1nc(C)c(NCCCc2ccccc2)c(=O)[nH]1.CN. The molecule has 0 bridgehead atoms. The van der Waals surface area contributed by atoms with Crippen molar-refractivity contribution in [3.63, 3.8) is 0 Å². The van der Waals surface area contributed by atoms with E-state index in [1.54, 1.807) is 6.92 Å². The van der Waals surface area contributed by atoms with E-state index in [9.17, 15) is 9.59 Å². The van der Waals surface area contributed by atoms with Gasteiger partial charge in [0, 0.05) is 13.5 Å². The first-order chi connectivity index (χ1) is 11.1. The Morgan fingerprint density at radius 3 is 2.48 bits per heavy atom. The Kier molecular flexibility index (Phi) is 7.70. The number of hydrogen-bond donors (Lipinski definition) is 3. The number of benzene rings is 1. The van der Waals surface area contributed by atoms with Gasteiger partial charge in [-0.25, -0.2) is 4.98 Å². The highest BCUT2D eigenvalue weighted by molar-refractivity contribution is 5.90. The maximum atomic E-state index is 11.9. The predicted octanol–water partition coefficient (Wildman–Crippen LogP) is 1.90. The van der Waals surface area contributed by atoms with E-state index in [1.807, 2.05) is 18.2 Å². The summed E-state index contributed by atoms with van der Waals surface area (Å²) in [6.45, 7) is 3.78. The summed E-state index contributed by atoms with van der Waals surface area (Å²) in [5, 5.41) is 3.10. The van der Waals surface area contributed by atoms with E-state index >= 15 is 0 Å². The normalized spacial score (nSPS) is 9.74. The van der Waals surface area contributed by atoms with Gasteiger partial charge in [-0.3, -0.25) is 9.59 Å². The Morgan fingerprint density at radius 2 is 1.91 bits per heavy atom. The Bertz CT molecular complexity index is 681. The molecular weight excluding hydrogens is 292 g/mol. The van der Waals surface area contributed by atoms with Crippen molar-refractivity contribution < 1.29 is 4.79 Å². The van der Waals surface area contributed by atoms with Crippen molar-refractivity contribution >= 4 is 11.5 Å². The first-order valence-corrected chi connectivity index (χ1v) is 7.55. The molecule has 124 valence electrons. The number of carbonyl (C=O) groups excluding carboxylic acids is 1. The third-order valence-electron chi connectivity index (χ3n) is 3.22. The molecule has 0 unspecified atom stereocenters. The van der Waals surface area contributed by atoms with Crippen LogP contribution in [0.2, 0.25) is 0 Å². The van der Waals surface area contributed by atoms with Crippen molar-refractivity contribution in [2.24, 2.45) is 5.73 Å². The number of hydrogen-bond acceptors (Lipinski definition) is 5. The lowest BCUT2D eigenvalue weighted by molar-refractivity contribution is 0.100. The number of nitrogens with zero attached hydrogens (tertiary/aromatic N) is 1. The van der Waals surface area contributed by atoms with Crippen molar-refractivity contribution in [2.75, 3.05) is 18.9 Å². The van der Waals surface area contributed by atoms with Crippen molar-refractivity contribution in [3.05, 3.63) is 57.8 Å². The van der Waals surface area contributed by atoms with E-state index in [1.165, 1.54) is 19.5 Å². The summed E-state index contributed by atoms with van der Waals surface area (Å²) < 4.78 is 0. The van der Waals surface area contributed by atoms with Crippen molar-refractivity contribution in [1.29, 1.82) is 0 Å². The summed E-state index contributed by atoms with van der Waals surface area (Å²) >= 11 is 0. The van der Waals surface area contributed by atoms with Crippen LogP contribution in [-0.4, -0.2) is 29.3 Å². The van der Waals surface area contributed by atoms with E-state index < -0.39 is 0 Å². The second-order valence-electron chi connectivity index (χ2n) is 4.95. The molecule has 1 aromatic carbocycles. The molecule has 4 N–H and O–H groups in total. The molecule has 0 aliphatic heterocycles. The number of ketones is 1. The van der Waals surface area contributed by atoms with Gasteiger partial charge in [-0.1, -0.05) is 30.3 Å². The Morgan fingerprint density at radius 1 is 1.26 bits per heavy atom. The molecule has 6 heteroatoms. The van der Waals surface area contributed by atoms with Crippen LogP contribution >= 0.6 is 0 Å². The van der Waals surface area contributed by atoms with Gasteiger partial charge in [0.1, 0.15) is 5.69 Å². The van der Waals surface area contributed by atoms with Gasteiger partial charge in [-0.05, 0) is 32.4 Å². The predicted molar refractivity (Wildman–Crippen MR) is 93.0 cm³/mol. The quantitative estimate of drug-likeness (QED) is 0.558. The smallest absolute Gasteiger partial charge is 0.274 e. The largest absolute Gasteiger partial charge is 0.379 e. The molecule has 0 aliphatic rings. The van der Waals surface area contributed by atoms with Gasteiger partial charge in [-0.15, -0.1) is 0 Å². The molecule has 1 aromatic heterocycles. The lowest BCUT2D eigenvalue weighted by atomic mass is 10.1. The summed E-state index contributed by atoms with van der Waals surface area (Å²) in [4.78, 5) is 29.7. The van der Waals surface area contributed by atoms with Gasteiger partial charge in [0.15, 0.2) is 11.6 Å². The van der Waals surface area contributed by atoms with Crippen molar-refractivity contribution in [3.8, 4) is 0 Å². The number of Topliss-reactive ketones (excluding diaryl/α,β-unsaturated/α-hetero) is 1. The van der Waals surface area contributed by atoms with Gasteiger partial charge < -0.3 is 16.0 Å². The summed E-state index contributed by atoms with van der Waals surface area (Å²) in [6, 6.07) is 10.2. The molecule has 0 atom stereocenters. The van der Waals surface area contributed by atoms with Crippen LogP contribution in [0.4, 0.5) is 5.69 Å². The molecule has 2 aromatic rings. The first kappa shape index (κ1) is 18.6. The number of aromatic nitrogens is 2. The number of aromatic amines is 1. The highest BCUT2D eigenvalue weighted by Gasteiger charge is 2.09. The summed E-state index contributed by atoms with van der Waals surface area (Å²) in [6.07, 6.45) is 1.86. The topological polar surface area (TPSA) is 101 Å². The second-order valence-corrected chi connectivity index (χ2v) is 4.95. The summed E-state index contributed by atoms with van der Waals surface area (Å²) in [5.41, 5.74) is 6.46. The van der Waals surface area contributed by atoms with Gasteiger partial charge in [-0.2, -0.15) is 0 Å². The standard InChI is InChI=1S/C16H19N3O2.CH5N/c1-11-14(16(21)19-15(18-11)12(2)20)17-10-6-9-13-7-4-3-5-8-13;1-2/h3-5,7-8,17H,6,9-10H2,1-2H3,(H,18,19,21);2H2,1H3. The lowest BCUT2D eigenvalue weighted by Gasteiger charge is -2.08. The second kappa shape index (κ2) is 9.53. The zero-order chi connectivity index (χ0) is 17.2. The fraction of sp³-hybridized carbons (Fsp3) is 0.353. The summed E-state index contributed by atoms with van der Waals surface area (Å²) in [5.74, 6) is -0.141. The number of anilines is 1. The number of nitrogens with one attached hydrogen (secondary N) is 2. The van der Waals surface area contributed by atoms with Crippen LogP contribution in [-0.2, 0) is 6.42 Å². The number of nitrogens with two attached hydrogens (primary N) is 1. The number of H-pyrrole nitrogens is 1. The molecule has 0 radical (unpaired) electrons. The number of aryl methyl sites for hydroxylation is 2. The fourth-order valence-corrected chi connectivity index (χ4v) is 2.11. The number of rotatable bonds is 6. The number of carbonyl (C=O) groups is 1. The Labute approximate surface area is 136 Å². The van der Waals surface area contributed by atoms with E-state index in [4.69, 9.17) is 0 Å². The van der Waals surface area contributed by atoms with Crippen molar-refractivity contribution in [2.45, 2.75) is 26.7 Å². The molecular formula is C17H24N4O2. The third kappa shape index (κ3) is 5.67. The van der Waals surface area contributed by atoms with E-state index in [0.29, 0.717) is 17.9 Å². The highest BCUT2D eigenvalue weighted by atomic mass is 16.1. The Balaban J connectivity index is 0.00000127. The molecule has 1 heterocycles. The minimum atomic E-state index is -0.299. The van der Waals surface area contributed by atoms with Crippen LogP contribution in [0.5, 0.6) is 0 Å². The monoisotopic (exact) mass is 316 g/mol. The van der Waals surface area contributed by atoms with Gasteiger partial charge in [0.05, 0.1) is 5.69 Å². The summed E-state index contributed by atoms with van der Waals surface area (Å²) in [7, 11) is 1.50. The van der Waals surface area contributed by atoms with Crippen LogP contribution in [0.3, 0.4) is 0 Å². The average Bonchev–Trinajstić information content (AvgIpc) is 2.56.